The van der Waals surface area contributed by atoms with Crippen LogP contribution in [-0.2, 0) is 0 Å². The van der Waals surface area contributed by atoms with Gasteiger partial charge in [0.15, 0.2) is 0 Å². The van der Waals surface area contributed by atoms with Gasteiger partial charge in [0, 0.05) is 0 Å². The molecule has 0 N–H and O–H groups in total. The van der Waals surface area contributed by atoms with Crippen LogP contribution < -0.4 is 0 Å². The van der Waals surface area contributed by atoms with E-state index in [1.165, 1.54) is 18.9 Å². The lowest BCUT2D eigenvalue weighted by Crippen LogP contribution is -2.45. The summed E-state index contributed by atoms with van der Waals surface area (Å²) in [4.78, 5) is 0. The monoisotopic (exact) mass is 189 g/mol. The molecule has 0 aromatic rings. The molecule has 0 atom stereocenters. The number of hydrogen-bond acceptors (Lipinski definition) is 1. The van der Waals surface area contributed by atoms with Crippen molar-refractivity contribution in [2.24, 2.45) is 0 Å². The van der Waals surface area contributed by atoms with Crippen LogP contribution >= 0.6 is 0 Å². The maximum Gasteiger partial charge on any atom is 0.111 e. The molecule has 3 heteroatoms. The van der Waals surface area contributed by atoms with Crippen molar-refractivity contribution in [2.45, 2.75) is 45.5 Å². The van der Waals surface area contributed by atoms with E-state index in [1.807, 2.05) is 0 Å². The van der Waals surface area contributed by atoms with Crippen molar-refractivity contribution in [2.75, 3.05) is 7.05 Å². The molecule has 0 aliphatic carbocycles. The molecule has 0 rings (SSSR count). The summed E-state index contributed by atoms with van der Waals surface area (Å²) >= 11 is 0. The Hall–Kier alpha value is 0.394. The molecule has 0 fully saturated rings. The van der Waals surface area contributed by atoms with Gasteiger partial charge in [-0.15, -0.1) is 0 Å². The van der Waals surface area contributed by atoms with E-state index in [1.54, 1.807) is 0 Å². The molecule has 0 bridgehead atoms. The Morgan fingerprint density at radius 1 is 1.27 bits per heavy atom. The SMILES string of the molecule is CCCC[SiH2]N(C)[Si](C)(C)C. The lowest BCUT2D eigenvalue weighted by atomic mass is 10.4. The van der Waals surface area contributed by atoms with Crippen molar-refractivity contribution >= 4 is 17.9 Å². The first-order chi connectivity index (χ1) is 4.98. The molecule has 0 aromatic heterocycles. The van der Waals surface area contributed by atoms with Gasteiger partial charge in [0.1, 0.15) is 8.24 Å². The van der Waals surface area contributed by atoms with E-state index in [2.05, 4.69) is 37.8 Å². The molecule has 0 radical (unpaired) electrons. The molecule has 0 heterocycles. The van der Waals surface area contributed by atoms with Gasteiger partial charge in [0.05, 0.1) is 9.68 Å². The van der Waals surface area contributed by atoms with Crippen LogP contribution in [0.5, 0.6) is 0 Å². The van der Waals surface area contributed by atoms with Crippen LogP contribution in [0.3, 0.4) is 0 Å². The average Bonchev–Trinajstić information content (AvgIpc) is 1.86. The van der Waals surface area contributed by atoms with Crippen molar-refractivity contribution < 1.29 is 0 Å². The fraction of sp³-hybridized carbons (Fsp3) is 1.00. The van der Waals surface area contributed by atoms with Gasteiger partial charge in [0.2, 0.25) is 0 Å². The highest BCUT2D eigenvalue weighted by molar-refractivity contribution is 6.78. The standard InChI is InChI=1S/C8H23NSi2/c1-6-7-8-10-9(2)11(3,4)5/h6-8,10H2,1-5H3. The number of unbranched alkanes of at least 4 members (excludes halogenated alkanes) is 1. The summed E-state index contributed by atoms with van der Waals surface area (Å²) in [6, 6.07) is 1.51. The van der Waals surface area contributed by atoms with Crippen LogP contribution in [0.25, 0.3) is 0 Å². The van der Waals surface area contributed by atoms with Crippen molar-refractivity contribution in [3.05, 3.63) is 0 Å². The largest absolute Gasteiger partial charge is 0.353 e. The van der Waals surface area contributed by atoms with E-state index in [0.717, 1.165) is 0 Å². The zero-order valence-electron chi connectivity index (χ0n) is 8.78. The Morgan fingerprint density at radius 2 is 1.82 bits per heavy atom. The number of hydrogen-bond donors (Lipinski definition) is 0. The van der Waals surface area contributed by atoms with E-state index < -0.39 is 8.24 Å². The van der Waals surface area contributed by atoms with E-state index in [-0.39, 0.29) is 9.68 Å². The van der Waals surface area contributed by atoms with Gasteiger partial charge in [-0.3, -0.25) is 0 Å². The highest BCUT2D eigenvalue weighted by atomic mass is 28.4. The Morgan fingerprint density at radius 3 is 2.18 bits per heavy atom. The Balaban J connectivity index is 3.44. The van der Waals surface area contributed by atoms with Crippen LogP contribution in [0.1, 0.15) is 19.8 Å². The second kappa shape index (κ2) is 5.11. The Kier molecular flexibility index (Phi) is 5.30. The van der Waals surface area contributed by atoms with Gasteiger partial charge in [-0.05, 0) is 7.05 Å². The van der Waals surface area contributed by atoms with Crippen LogP contribution in [0.4, 0.5) is 0 Å². The molecule has 0 aromatic carbocycles. The highest BCUT2D eigenvalue weighted by Gasteiger charge is 2.18. The predicted octanol–water partition coefficient (Wildman–Crippen LogP) is 2.06. The van der Waals surface area contributed by atoms with Gasteiger partial charge in [-0.2, -0.15) is 0 Å². The summed E-state index contributed by atoms with van der Waals surface area (Å²) in [5.74, 6) is 0. The van der Waals surface area contributed by atoms with E-state index in [0.29, 0.717) is 0 Å². The molecule has 0 spiro atoms. The molecule has 0 saturated heterocycles. The summed E-state index contributed by atoms with van der Waals surface area (Å²) < 4.78 is 2.70. The molecule has 0 aliphatic rings. The summed E-state index contributed by atoms with van der Waals surface area (Å²) in [6.07, 6.45) is 2.81. The molecule has 11 heavy (non-hydrogen) atoms. The lowest BCUT2D eigenvalue weighted by Gasteiger charge is -2.29. The van der Waals surface area contributed by atoms with Gasteiger partial charge >= 0.3 is 0 Å². The third-order valence-electron chi connectivity index (χ3n) is 2.24. The molecule has 0 amide bonds. The molecule has 68 valence electrons. The quantitative estimate of drug-likeness (QED) is 0.473. The fourth-order valence-electron chi connectivity index (χ4n) is 0.934. The van der Waals surface area contributed by atoms with Gasteiger partial charge in [0.25, 0.3) is 0 Å². The van der Waals surface area contributed by atoms with Crippen LogP contribution in [0, 0.1) is 0 Å². The molecule has 1 nitrogen and oxygen atoms in total. The van der Waals surface area contributed by atoms with Gasteiger partial charge in [-0.25, -0.2) is 0 Å². The zero-order chi connectivity index (χ0) is 8.91. The maximum absolute atomic E-state index is 2.70. The molecule has 0 unspecified atom stereocenters. The van der Waals surface area contributed by atoms with E-state index >= 15 is 0 Å². The summed E-state index contributed by atoms with van der Waals surface area (Å²) in [5.41, 5.74) is 0. The third-order valence-corrected chi connectivity index (χ3v) is 9.54. The minimum atomic E-state index is -0.916. The van der Waals surface area contributed by atoms with E-state index in [4.69, 9.17) is 0 Å². The van der Waals surface area contributed by atoms with E-state index in [9.17, 15) is 0 Å². The summed E-state index contributed by atoms with van der Waals surface area (Å²) in [7, 11) is 1.53. The van der Waals surface area contributed by atoms with Crippen molar-refractivity contribution in [3.8, 4) is 0 Å². The fourth-order valence-corrected chi connectivity index (χ4v) is 5.29. The first-order valence-corrected chi connectivity index (χ1v) is 9.77. The number of rotatable bonds is 5. The lowest BCUT2D eigenvalue weighted by molar-refractivity contribution is 0.772. The topological polar surface area (TPSA) is 3.24 Å². The van der Waals surface area contributed by atoms with Gasteiger partial charge < -0.3 is 4.23 Å². The van der Waals surface area contributed by atoms with Gasteiger partial charge in [-0.1, -0.05) is 45.5 Å². The average molecular weight is 189 g/mol. The van der Waals surface area contributed by atoms with Crippen molar-refractivity contribution in [3.63, 3.8) is 0 Å². The summed E-state index contributed by atoms with van der Waals surface area (Å²) in [6.45, 7) is 9.59. The maximum atomic E-state index is 2.70. The summed E-state index contributed by atoms with van der Waals surface area (Å²) in [5, 5.41) is 0. The minimum absolute atomic E-state index is 0.116. The van der Waals surface area contributed by atoms with Crippen molar-refractivity contribution in [1.29, 1.82) is 0 Å². The Bertz CT molecular complexity index is 98.8. The smallest absolute Gasteiger partial charge is 0.111 e. The second-order valence-corrected chi connectivity index (χ2v) is 12.1. The van der Waals surface area contributed by atoms with Crippen LogP contribution in [-0.4, -0.2) is 29.2 Å². The highest BCUT2D eigenvalue weighted by Crippen LogP contribution is 2.06. The Labute approximate surface area is 75.2 Å². The zero-order valence-corrected chi connectivity index (χ0v) is 11.2. The predicted molar refractivity (Wildman–Crippen MR) is 59.4 cm³/mol. The molecule has 0 aliphatic heterocycles. The number of nitrogens with zero attached hydrogens (tertiary/aromatic N) is 1. The molecule has 0 saturated carbocycles. The molecular weight excluding hydrogens is 166 g/mol. The third kappa shape index (κ3) is 5.64. The normalized spacial score (nSPS) is 13.6. The first-order valence-electron chi connectivity index (χ1n) is 4.69. The molecular formula is C8H23NSi2. The second-order valence-electron chi connectivity index (χ2n) is 4.30. The van der Waals surface area contributed by atoms with Crippen molar-refractivity contribution in [1.82, 2.24) is 4.23 Å². The first kappa shape index (κ1) is 11.4. The minimum Gasteiger partial charge on any atom is -0.353 e. The van der Waals surface area contributed by atoms with Crippen LogP contribution in [0.2, 0.25) is 25.7 Å². The van der Waals surface area contributed by atoms with Crippen LogP contribution in [0.15, 0.2) is 0 Å².